The molecule has 4 nitrogen and oxygen atoms in total. The number of carboxylic acid groups (broad SMARTS) is 1. The molecule has 0 unspecified atom stereocenters. The highest BCUT2D eigenvalue weighted by molar-refractivity contribution is 8.93. The first-order valence-corrected chi connectivity index (χ1v) is 10.7. The van der Waals surface area contributed by atoms with Crippen molar-refractivity contribution in [3.05, 3.63) is 29.8 Å². The summed E-state index contributed by atoms with van der Waals surface area (Å²) in [5.74, 6) is -0.833. The van der Waals surface area contributed by atoms with E-state index in [4.69, 9.17) is 15.0 Å². The SMILES string of the molecule is Br.CC(=O)O.CCCCCCCCCCCCCCNc1ccc(CO)cc1. The smallest absolute Gasteiger partial charge is 0.300 e. The Morgan fingerprint density at radius 1 is 0.821 bits per heavy atom. The molecule has 3 N–H and O–H groups in total. The predicted molar refractivity (Wildman–Crippen MR) is 126 cm³/mol. The van der Waals surface area contributed by atoms with Crippen LogP contribution in [0.5, 0.6) is 0 Å². The Labute approximate surface area is 182 Å². The first kappa shape index (κ1) is 29.1. The highest BCUT2D eigenvalue weighted by atomic mass is 79.9. The van der Waals surface area contributed by atoms with Crippen molar-refractivity contribution in [2.75, 3.05) is 11.9 Å². The van der Waals surface area contributed by atoms with Crippen LogP contribution in [0.4, 0.5) is 5.69 Å². The summed E-state index contributed by atoms with van der Waals surface area (Å²) in [7, 11) is 0. The van der Waals surface area contributed by atoms with Crippen molar-refractivity contribution >= 4 is 28.6 Å². The topological polar surface area (TPSA) is 69.6 Å². The largest absolute Gasteiger partial charge is 0.481 e. The first-order chi connectivity index (χ1) is 13.1. The van der Waals surface area contributed by atoms with Crippen molar-refractivity contribution in [1.29, 1.82) is 0 Å². The number of benzene rings is 1. The summed E-state index contributed by atoms with van der Waals surface area (Å²) in [6, 6.07) is 8.05. The summed E-state index contributed by atoms with van der Waals surface area (Å²) < 4.78 is 0. The molecule has 0 bridgehead atoms. The maximum Gasteiger partial charge on any atom is 0.300 e. The van der Waals surface area contributed by atoms with Crippen LogP contribution in [0.2, 0.25) is 0 Å². The Kier molecular flexibility index (Phi) is 23.1. The van der Waals surface area contributed by atoms with Crippen molar-refractivity contribution < 1.29 is 15.0 Å². The minimum Gasteiger partial charge on any atom is -0.481 e. The van der Waals surface area contributed by atoms with Gasteiger partial charge < -0.3 is 15.5 Å². The minimum absolute atomic E-state index is 0. The van der Waals surface area contributed by atoms with Gasteiger partial charge in [-0.2, -0.15) is 0 Å². The fourth-order valence-electron chi connectivity index (χ4n) is 2.93. The molecule has 0 heterocycles. The summed E-state index contributed by atoms with van der Waals surface area (Å²) in [6.45, 7) is 4.54. The molecular formula is C23H42BrNO3. The Balaban J connectivity index is 0. The Bertz CT molecular complexity index is 448. The van der Waals surface area contributed by atoms with Gasteiger partial charge in [0.05, 0.1) is 6.61 Å². The molecule has 0 saturated heterocycles. The van der Waals surface area contributed by atoms with Gasteiger partial charge in [-0.15, -0.1) is 17.0 Å². The number of carboxylic acids is 1. The number of anilines is 1. The minimum atomic E-state index is -0.833. The Morgan fingerprint density at radius 3 is 1.61 bits per heavy atom. The van der Waals surface area contributed by atoms with Crippen LogP contribution in [0.3, 0.4) is 0 Å². The second-order valence-electron chi connectivity index (χ2n) is 7.19. The number of carbonyl (C=O) groups is 1. The number of hydrogen-bond acceptors (Lipinski definition) is 3. The molecule has 0 amide bonds. The quantitative estimate of drug-likeness (QED) is 0.248. The van der Waals surface area contributed by atoms with Gasteiger partial charge in [0.15, 0.2) is 0 Å². The van der Waals surface area contributed by atoms with Gasteiger partial charge in [-0.1, -0.05) is 89.7 Å². The monoisotopic (exact) mass is 459 g/mol. The van der Waals surface area contributed by atoms with Crippen LogP contribution in [-0.2, 0) is 11.4 Å². The zero-order chi connectivity index (χ0) is 20.2. The van der Waals surface area contributed by atoms with Gasteiger partial charge >= 0.3 is 0 Å². The molecule has 0 atom stereocenters. The van der Waals surface area contributed by atoms with E-state index in [2.05, 4.69) is 12.2 Å². The lowest BCUT2D eigenvalue weighted by Gasteiger charge is -2.07. The molecule has 0 aliphatic rings. The van der Waals surface area contributed by atoms with Gasteiger partial charge in [0, 0.05) is 19.2 Å². The van der Waals surface area contributed by atoms with Crippen LogP contribution in [-0.4, -0.2) is 22.7 Å². The van der Waals surface area contributed by atoms with Crippen molar-refractivity contribution in [1.82, 2.24) is 0 Å². The third kappa shape index (κ3) is 21.2. The molecule has 5 heteroatoms. The second-order valence-corrected chi connectivity index (χ2v) is 7.19. The van der Waals surface area contributed by atoms with Gasteiger partial charge in [-0.3, -0.25) is 4.79 Å². The number of halogens is 1. The number of aliphatic hydroxyl groups is 1. The molecule has 1 aromatic carbocycles. The van der Waals surface area contributed by atoms with Gasteiger partial charge in [-0.25, -0.2) is 0 Å². The molecule has 0 radical (unpaired) electrons. The van der Waals surface area contributed by atoms with E-state index in [0.29, 0.717) is 0 Å². The normalized spacial score (nSPS) is 9.82. The van der Waals surface area contributed by atoms with E-state index in [1.807, 2.05) is 24.3 Å². The van der Waals surface area contributed by atoms with Gasteiger partial charge in [0.25, 0.3) is 5.97 Å². The van der Waals surface area contributed by atoms with Gasteiger partial charge in [0.1, 0.15) is 0 Å². The van der Waals surface area contributed by atoms with Crippen LogP contribution < -0.4 is 5.32 Å². The Morgan fingerprint density at radius 2 is 1.21 bits per heavy atom. The molecule has 0 fully saturated rings. The second kappa shape index (κ2) is 22.2. The highest BCUT2D eigenvalue weighted by Crippen LogP contribution is 2.13. The molecule has 0 aromatic heterocycles. The number of aliphatic carboxylic acids is 1. The van der Waals surface area contributed by atoms with E-state index in [9.17, 15) is 0 Å². The van der Waals surface area contributed by atoms with Crippen molar-refractivity contribution in [2.24, 2.45) is 0 Å². The molecule has 28 heavy (non-hydrogen) atoms. The van der Waals surface area contributed by atoms with E-state index in [0.717, 1.165) is 24.7 Å². The van der Waals surface area contributed by atoms with Gasteiger partial charge in [0.2, 0.25) is 0 Å². The lowest BCUT2D eigenvalue weighted by Crippen LogP contribution is -2.01. The van der Waals surface area contributed by atoms with Crippen molar-refractivity contribution in [2.45, 2.75) is 97.5 Å². The zero-order valence-corrected chi connectivity index (χ0v) is 19.6. The van der Waals surface area contributed by atoms with Gasteiger partial charge in [-0.05, 0) is 24.1 Å². The highest BCUT2D eigenvalue weighted by Gasteiger charge is 1.95. The number of unbranched alkanes of at least 4 members (excludes halogenated alkanes) is 11. The van der Waals surface area contributed by atoms with Crippen LogP contribution in [0.1, 0.15) is 96.5 Å². The lowest BCUT2D eigenvalue weighted by atomic mass is 10.1. The summed E-state index contributed by atoms with van der Waals surface area (Å²) >= 11 is 0. The predicted octanol–water partition coefficient (Wildman–Crippen LogP) is 6.96. The molecule has 1 aromatic rings. The first-order valence-electron chi connectivity index (χ1n) is 10.7. The van der Waals surface area contributed by atoms with E-state index < -0.39 is 5.97 Å². The molecule has 0 saturated carbocycles. The lowest BCUT2D eigenvalue weighted by molar-refractivity contribution is -0.134. The summed E-state index contributed by atoms with van der Waals surface area (Å²) in [5, 5.41) is 19.9. The number of rotatable bonds is 15. The third-order valence-electron chi connectivity index (χ3n) is 4.50. The summed E-state index contributed by atoms with van der Waals surface area (Å²) in [4.78, 5) is 9.00. The fraction of sp³-hybridized carbons (Fsp3) is 0.696. The van der Waals surface area contributed by atoms with E-state index in [-0.39, 0.29) is 23.6 Å². The Hall–Kier alpha value is -1.07. The molecule has 1 rings (SSSR count). The van der Waals surface area contributed by atoms with E-state index in [1.165, 1.54) is 77.0 Å². The summed E-state index contributed by atoms with van der Waals surface area (Å²) in [5.41, 5.74) is 2.13. The van der Waals surface area contributed by atoms with Crippen LogP contribution in [0.25, 0.3) is 0 Å². The third-order valence-corrected chi connectivity index (χ3v) is 4.50. The number of aliphatic hydroxyl groups excluding tert-OH is 1. The summed E-state index contributed by atoms with van der Waals surface area (Å²) in [6.07, 6.45) is 16.7. The fourth-order valence-corrected chi connectivity index (χ4v) is 2.93. The molecular weight excluding hydrogens is 418 g/mol. The van der Waals surface area contributed by atoms with Crippen molar-refractivity contribution in [3.8, 4) is 0 Å². The van der Waals surface area contributed by atoms with Crippen LogP contribution in [0, 0.1) is 0 Å². The van der Waals surface area contributed by atoms with Crippen molar-refractivity contribution in [3.63, 3.8) is 0 Å². The standard InChI is InChI=1S/C21H37NO.C2H4O2.BrH/c1-2-3-4-5-6-7-8-9-10-11-12-13-18-22-21-16-14-20(19-23)15-17-21;1-2(3)4;/h14-17,22-23H,2-13,18-19H2,1H3;1H3,(H,3,4);1H. The van der Waals surface area contributed by atoms with E-state index >= 15 is 0 Å². The molecule has 0 aliphatic carbocycles. The van der Waals surface area contributed by atoms with Crippen LogP contribution in [0.15, 0.2) is 24.3 Å². The number of hydrogen-bond donors (Lipinski definition) is 3. The maximum atomic E-state index is 9.01. The van der Waals surface area contributed by atoms with E-state index in [1.54, 1.807) is 0 Å². The number of nitrogens with one attached hydrogen (secondary N) is 1. The average molecular weight is 460 g/mol. The molecule has 0 aliphatic heterocycles. The van der Waals surface area contributed by atoms with Crippen LogP contribution >= 0.6 is 17.0 Å². The zero-order valence-electron chi connectivity index (χ0n) is 17.9. The average Bonchev–Trinajstić information content (AvgIpc) is 2.65. The molecule has 164 valence electrons. The maximum absolute atomic E-state index is 9.01. The molecule has 0 spiro atoms.